The minimum absolute atomic E-state index is 0.0328. The van der Waals surface area contributed by atoms with Gasteiger partial charge in [-0.05, 0) is 24.8 Å². The van der Waals surface area contributed by atoms with Gasteiger partial charge in [-0.25, -0.2) is 9.78 Å². The van der Waals surface area contributed by atoms with E-state index in [0.717, 1.165) is 5.01 Å². The van der Waals surface area contributed by atoms with Gasteiger partial charge in [0.15, 0.2) is 4.34 Å². The number of rotatable bonds is 3. The summed E-state index contributed by atoms with van der Waals surface area (Å²) < 4.78 is 0.716. The molecule has 0 unspecified atom stereocenters. The zero-order valence-corrected chi connectivity index (χ0v) is 10.9. The molecule has 0 aliphatic rings. The predicted octanol–water partition coefficient (Wildman–Crippen LogP) is 2.74. The Hall–Kier alpha value is -1.18. The van der Waals surface area contributed by atoms with Crippen molar-refractivity contribution in [2.45, 2.75) is 16.3 Å². The lowest BCUT2D eigenvalue weighted by atomic mass is 10.3. The number of aryl methyl sites for hydroxylation is 1. The van der Waals surface area contributed by atoms with Gasteiger partial charge >= 0.3 is 5.97 Å². The number of halogens is 1. The van der Waals surface area contributed by atoms with Crippen LogP contribution in [0.1, 0.15) is 15.4 Å². The molecule has 0 saturated heterocycles. The van der Waals surface area contributed by atoms with Gasteiger partial charge in [-0.15, -0.1) is 10.2 Å². The lowest BCUT2D eigenvalue weighted by Crippen LogP contribution is -1.98. The molecule has 88 valence electrons. The number of carboxylic acid groups (broad SMARTS) is 1. The topological polar surface area (TPSA) is 76.0 Å². The second-order valence-electron chi connectivity index (χ2n) is 3.00. The number of aromatic carboxylic acids is 1. The number of hydrogen-bond donors (Lipinski definition) is 1. The van der Waals surface area contributed by atoms with E-state index in [4.69, 9.17) is 16.7 Å². The highest BCUT2D eigenvalue weighted by Crippen LogP contribution is 2.30. The molecule has 0 aromatic carbocycles. The maximum absolute atomic E-state index is 10.9. The molecule has 0 aliphatic heterocycles. The summed E-state index contributed by atoms with van der Waals surface area (Å²) in [5, 5.41) is 18.2. The Labute approximate surface area is 110 Å². The van der Waals surface area contributed by atoms with E-state index in [1.165, 1.54) is 35.4 Å². The van der Waals surface area contributed by atoms with Gasteiger partial charge in [0.1, 0.15) is 10.0 Å². The second kappa shape index (κ2) is 4.99. The molecule has 2 aromatic rings. The number of aromatic nitrogens is 3. The highest BCUT2D eigenvalue weighted by atomic mass is 35.5. The van der Waals surface area contributed by atoms with Crippen molar-refractivity contribution in [1.29, 1.82) is 0 Å². The Morgan fingerprint density at radius 3 is 2.88 bits per heavy atom. The minimum Gasteiger partial charge on any atom is -0.478 e. The minimum atomic E-state index is -1.08. The van der Waals surface area contributed by atoms with Gasteiger partial charge in [0.05, 0.1) is 10.6 Å². The first-order valence-corrected chi connectivity index (χ1v) is 6.44. The van der Waals surface area contributed by atoms with Crippen molar-refractivity contribution in [3.63, 3.8) is 0 Å². The lowest BCUT2D eigenvalue weighted by Gasteiger charge is -2.00. The van der Waals surface area contributed by atoms with Crippen LogP contribution >= 0.6 is 34.7 Å². The van der Waals surface area contributed by atoms with Gasteiger partial charge < -0.3 is 5.11 Å². The summed E-state index contributed by atoms with van der Waals surface area (Å²) in [6, 6.07) is 1.42. The van der Waals surface area contributed by atoms with E-state index in [9.17, 15) is 4.79 Å². The van der Waals surface area contributed by atoms with E-state index in [-0.39, 0.29) is 10.6 Å². The molecule has 0 fully saturated rings. The summed E-state index contributed by atoms with van der Waals surface area (Å²) in [5.41, 5.74) is 0.0328. The normalized spacial score (nSPS) is 10.5. The fourth-order valence-electron chi connectivity index (χ4n) is 1.05. The molecule has 1 N–H and O–H groups in total. The third-order valence-electron chi connectivity index (χ3n) is 1.76. The molecule has 2 heterocycles. The fourth-order valence-corrected chi connectivity index (χ4v) is 2.98. The SMILES string of the molecule is Cc1nnc(Sc2cc(C(=O)O)c(Cl)cn2)s1. The Morgan fingerprint density at radius 2 is 2.29 bits per heavy atom. The lowest BCUT2D eigenvalue weighted by molar-refractivity contribution is 0.0696. The molecule has 0 radical (unpaired) electrons. The van der Waals surface area contributed by atoms with Crippen molar-refractivity contribution in [3.05, 3.63) is 27.9 Å². The third-order valence-corrected chi connectivity index (χ3v) is 3.88. The molecular weight excluding hydrogens is 282 g/mol. The van der Waals surface area contributed by atoms with Gasteiger partial charge in [-0.1, -0.05) is 22.9 Å². The van der Waals surface area contributed by atoms with E-state index in [0.29, 0.717) is 9.37 Å². The van der Waals surface area contributed by atoms with E-state index in [2.05, 4.69) is 15.2 Å². The van der Waals surface area contributed by atoms with Crippen LogP contribution in [0.5, 0.6) is 0 Å². The van der Waals surface area contributed by atoms with Gasteiger partial charge in [0.2, 0.25) is 0 Å². The summed E-state index contributed by atoms with van der Waals surface area (Å²) in [5.74, 6) is -1.08. The molecule has 0 bridgehead atoms. The van der Waals surface area contributed by atoms with Gasteiger partial charge in [-0.2, -0.15) is 0 Å². The smallest absolute Gasteiger partial charge is 0.337 e. The Bertz CT molecular complexity index is 573. The van der Waals surface area contributed by atoms with Crippen molar-refractivity contribution in [2.24, 2.45) is 0 Å². The summed E-state index contributed by atoms with van der Waals surface area (Å²) in [7, 11) is 0. The van der Waals surface area contributed by atoms with Crippen molar-refractivity contribution in [1.82, 2.24) is 15.2 Å². The summed E-state index contributed by atoms with van der Waals surface area (Å²) in [6.45, 7) is 1.85. The fraction of sp³-hybridized carbons (Fsp3) is 0.111. The number of carboxylic acids is 1. The molecule has 8 heteroatoms. The molecule has 17 heavy (non-hydrogen) atoms. The van der Waals surface area contributed by atoms with Crippen LogP contribution < -0.4 is 0 Å². The first-order chi connectivity index (χ1) is 8.06. The van der Waals surface area contributed by atoms with Crippen LogP contribution in [0, 0.1) is 6.92 Å². The largest absolute Gasteiger partial charge is 0.478 e. The maximum Gasteiger partial charge on any atom is 0.337 e. The van der Waals surface area contributed by atoms with E-state index in [1.807, 2.05) is 6.92 Å². The Morgan fingerprint density at radius 1 is 1.53 bits per heavy atom. The van der Waals surface area contributed by atoms with Crippen LogP contribution in [-0.4, -0.2) is 26.3 Å². The second-order valence-corrected chi connectivity index (χ2v) is 5.85. The maximum atomic E-state index is 10.9. The average Bonchev–Trinajstić information content (AvgIpc) is 2.66. The summed E-state index contributed by atoms with van der Waals surface area (Å²) in [6.07, 6.45) is 1.32. The van der Waals surface area contributed by atoms with E-state index in [1.54, 1.807) is 0 Å². The Balaban J connectivity index is 2.28. The molecule has 2 rings (SSSR count). The molecule has 0 spiro atoms. The first-order valence-electron chi connectivity index (χ1n) is 4.43. The van der Waals surface area contributed by atoms with Crippen LogP contribution in [0.15, 0.2) is 21.6 Å². The summed E-state index contributed by atoms with van der Waals surface area (Å²) in [4.78, 5) is 14.9. The van der Waals surface area contributed by atoms with Crippen LogP contribution in [-0.2, 0) is 0 Å². The monoisotopic (exact) mass is 287 g/mol. The van der Waals surface area contributed by atoms with Gasteiger partial charge in [0, 0.05) is 6.20 Å². The van der Waals surface area contributed by atoms with Crippen molar-refractivity contribution in [2.75, 3.05) is 0 Å². The van der Waals surface area contributed by atoms with Crippen LogP contribution in [0.25, 0.3) is 0 Å². The average molecular weight is 288 g/mol. The molecule has 0 aliphatic carbocycles. The van der Waals surface area contributed by atoms with Gasteiger partial charge in [-0.3, -0.25) is 0 Å². The molecule has 0 saturated carbocycles. The standard InChI is InChI=1S/C9H6ClN3O2S2/c1-4-12-13-9(16-4)17-7-2-5(8(14)15)6(10)3-11-7/h2-3H,1H3,(H,14,15). The number of pyridine rings is 1. The van der Waals surface area contributed by atoms with Crippen molar-refractivity contribution < 1.29 is 9.90 Å². The Kier molecular flexibility index (Phi) is 3.60. The van der Waals surface area contributed by atoms with Crippen LogP contribution in [0.2, 0.25) is 5.02 Å². The molecular formula is C9H6ClN3O2S2. The van der Waals surface area contributed by atoms with E-state index >= 15 is 0 Å². The number of hydrogen-bond acceptors (Lipinski definition) is 6. The van der Waals surface area contributed by atoms with Crippen LogP contribution in [0.3, 0.4) is 0 Å². The summed E-state index contributed by atoms with van der Waals surface area (Å²) >= 11 is 8.40. The predicted molar refractivity (Wildman–Crippen MR) is 65.0 cm³/mol. The molecule has 2 aromatic heterocycles. The molecule has 0 amide bonds. The number of carbonyl (C=O) groups is 1. The van der Waals surface area contributed by atoms with Crippen molar-refractivity contribution >= 4 is 40.7 Å². The van der Waals surface area contributed by atoms with Gasteiger partial charge in [0.25, 0.3) is 0 Å². The number of nitrogens with zero attached hydrogens (tertiary/aromatic N) is 3. The van der Waals surface area contributed by atoms with E-state index < -0.39 is 5.97 Å². The highest BCUT2D eigenvalue weighted by molar-refractivity contribution is 8.01. The molecule has 0 atom stereocenters. The molecule has 5 nitrogen and oxygen atoms in total. The van der Waals surface area contributed by atoms with Crippen molar-refractivity contribution in [3.8, 4) is 0 Å². The third kappa shape index (κ3) is 2.93. The zero-order valence-electron chi connectivity index (χ0n) is 8.55. The zero-order chi connectivity index (χ0) is 12.4. The van der Waals surface area contributed by atoms with Crippen LogP contribution in [0.4, 0.5) is 0 Å². The quantitative estimate of drug-likeness (QED) is 0.935. The highest BCUT2D eigenvalue weighted by Gasteiger charge is 2.12. The first kappa shape index (κ1) is 12.3.